The van der Waals surface area contributed by atoms with Crippen molar-refractivity contribution in [3.8, 4) is 0 Å². The van der Waals surface area contributed by atoms with E-state index >= 15 is 0 Å². The van der Waals surface area contributed by atoms with Crippen LogP contribution < -0.4 is 0 Å². The van der Waals surface area contributed by atoms with Crippen molar-refractivity contribution >= 4 is 57.4 Å². The van der Waals surface area contributed by atoms with Gasteiger partial charge in [-0.15, -0.1) is 0 Å². The SMILES string of the molecule is CN1CCN(C)C1=Nc1ccc2c(N=C3N(C)CCN3C)c(N=C3N(C)CCN3C)ccc2c1N=C1N(C)CCN1C. The molecule has 2 aromatic rings. The molecular weight excluding hydrogens is 528 g/mol. The van der Waals surface area contributed by atoms with Crippen molar-refractivity contribution in [2.45, 2.75) is 0 Å². The first-order valence-electron chi connectivity index (χ1n) is 14.8. The number of aliphatic imine (C=N–C) groups is 4. The number of hydrogen-bond donors (Lipinski definition) is 0. The van der Waals surface area contributed by atoms with Gasteiger partial charge in [-0.05, 0) is 24.3 Å². The Morgan fingerprint density at radius 1 is 0.357 bits per heavy atom. The highest BCUT2D eigenvalue weighted by molar-refractivity contribution is 6.10. The summed E-state index contributed by atoms with van der Waals surface area (Å²) >= 11 is 0. The monoisotopic (exact) mass is 572 g/mol. The van der Waals surface area contributed by atoms with Gasteiger partial charge in [-0.3, -0.25) is 0 Å². The van der Waals surface area contributed by atoms with Crippen LogP contribution >= 0.6 is 0 Å². The van der Waals surface area contributed by atoms with Crippen LogP contribution in [0.25, 0.3) is 10.8 Å². The summed E-state index contributed by atoms with van der Waals surface area (Å²) in [6, 6.07) is 8.49. The molecule has 4 aliphatic rings. The molecule has 6 rings (SSSR count). The van der Waals surface area contributed by atoms with Gasteiger partial charge >= 0.3 is 0 Å². The van der Waals surface area contributed by atoms with E-state index in [0.29, 0.717) is 0 Å². The van der Waals surface area contributed by atoms with E-state index in [9.17, 15) is 0 Å². The molecule has 0 aromatic heterocycles. The van der Waals surface area contributed by atoms with Crippen LogP contribution in [0.2, 0.25) is 0 Å². The van der Waals surface area contributed by atoms with E-state index < -0.39 is 0 Å². The number of guanidine groups is 4. The maximum atomic E-state index is 5.30. The van der Waals surface area contributed by atoms with E-state index in [2.05, 4.69) is 120 Å². The van der Waals surface area contributed by atoms with Crippen molar-refractivity contribution < 1.29 is 0 Å². The maximum Gasteiger partial charge on any atom is 0.201 e. The Balaban J connectivity index is 1.62. The molecule has 0 N–H and O–H groups in total. The predicted molar refractivity (Wildman–Crippen MR) is 173 cm³/mol. The molecule has 224 valence electrons. The zero-order valence-corrected chi connectivity index (χ0v) is 26.3. The third kappa shape index (κ3) is 4.92. The predicted octanol–water partition coefficient (Wildman–Crippen LogP) is 2.30. The third-order valence-corrected chi connectivity index (χ3v) is 8.78. The Morgan fingerprint density at radius 2 is 0.595 bits per heavy atom. The van der Waals surface area contributed by atoms with Gasteiger partial charge in [0, 0.05) is 120 Å². The first-order valence-corrected chi connectivity index (χ1v) is 14.8. The van der Waals surface area contributed by atoms with Gasteiger partial charge in [-0.2, -0.15) is 0 Å². The summed E-state index contributed by atoms with van der Waals surface area (Å²) in [7, 11) is 16.8. The second-order valence-corrected chi connectivity index (χ2v) is 12.0. The van der Waals surface area contributed by atoms with Gasteiger partial charge < -0.3 is 39.2 Å². The van der Waals surface area contributed by atoms with Gasteiger partial charge in [0.15, 0.2) is 0 Å². The minimum absolute atomic E-state index is 0.849. The van der Waals surface area contributed by atoms with E-state index in [1.54, 1.807) is 0 Å². The lowest BCUT2D eigenvalue weighted by atomic mass is 10.0. The average Bonchev–Trinajstić information content (AvgIpc) is 3.67. The molecule has 12 heteroatoms. The molecule has 42 heavy (non-hydrogen) atoms. The molecule has 4 heterocycles. The molecule has 0 saturated carbocycles. The van der Waals surface area contributed by atoms with Crippen molar-refractivity contribution in [3.05, 3.63) is 24.3 Å². The van der Waals surface area contributed by atoms with Crippen molar-refractivity contribution in [1.82, 2.24) is 39.2 Å². The molecular formula is C30H44N12. The molecule has 2 aromatic carbocycles. The van der Waals surface area contributed by atoms with Crippen LogP contribution in [0.5, 0.6) is 0 Å². The lowest BCUT2D eigenvalue weighted by molar-refractivity contribution is 0.553. The largest absolute Gasteiger partial charge is 0.344 e. The molecule has 0 spiro atoms. The van der Waals surface area contributed by atoms with Gasteiger partial charge in [-0.25, -0.2) is 20.0 Å². The van der Waals surface area contributed by atoms with Gasteiger partial charge in [0.25, 0.3) is 0 Å². The Bertz CT molecular complexity index is 1330. The normalized spacial score (nSPS) is 19.5. The molecule has 4 fully saturated rings. The first-order chi connectivity index (χ1) is 20.1. The summed E-state index contributed by atoms with van der Waals surface area (Å²) in [5, 5.41) is 2.03. The number of nitrogens with zero attached hydrogens (tertiary/aromatic N) is 12. The number of fused-ring (bicyclic) bond motifs is 1. The van der Waals surface area contributed by atoms with Crippen molar-refractivity contribution in [2.24, 2.45) is 20.0 Å². The number of likely N-dealkylation sites (N-methyl/N-ethyl adjacent to an activating group) is 8. The van der Waals surface area contributed by atoms with Gasteiger partial charge in [-0.1, -0.05) is 0 Å². The zero-order chi connectivity index (χ0) is 29.7. The highest BCUT2D eigenvalue weighted by Crippen LogP contribution is 2.45. The van der Waals surface area contributed by atoms with E-state index in [1.165, 1.54) is 0 Å². The fraction of sp³-hybridized carbons (Fsp3) is 0.533. The molecule has 0 amide bonds. The van der Waals surface area contributed by atoms with E-state index in [4.69, 9.17) is 20.0 Å². The van der Waals surface area contributed by atoms with Crippen LogP contribution in [-0.4, -0.2) is 172 Å². The van der Waals surface area contributed by atoms with Crippen LogP contribution in [0.1, 0.15) is 0 Å². The highest BCUT2D eigenvalue weighted by Gasteiger charge is 2.26. The second-order valence-electron chi connectivity index (χ2n) is 12.0. The molecule has 4 saturated heterocycles. The number of hydrogen-bond acceptors (Lipinski definition) is 4. The van der Waals surface area contributed by atoms with Gasteiger partial charge in [0.2, 0.25) is 23.8 Å². The highest BCUT2D eigenvalue weighted by atomic mass is 15.4. The van der Waals surface area contributed by atoms with Crippen molar-refractivity contribution in [1.29, 1.82) is 0 Å². The van der Waals surface area contributed by atoms with Crippen LogP contribution in [0.4, 0.5) is 22.7 Å². The van der Waals surface area contributed by atoms with E-state index in [-0.39, 0.29) is 0 Å². The molecule has 4 aliphatic heterocycles. The molecule has 0 aliphatic carbocycles. The van der Waals surface area contributed by atoms with Gasteiger partial charge in [0.05, 0.1) is 11.4 Å². The Labute approximate surface area is 249 Å². The number of rotatable bonds is 4. The molecule has 0 radical (unpaired) electrons. The fourth-order valence-electron chi connectivity index (χ4n) is 6.03. The summed E-state index contributed by atoms with van der Waals surface area (Å²) in [6.45, 7) is 7.57. The van der Waals surface area contributed by atoms with Crippen molar-refractivity contribution in [2.75, 3.05) is 109 Å². The first kappa shape index (κ1) is 27.9. The molecule has 0 bridgehead atoms. The van der Waals surface area contributed by atoms with E-state index in [0.717, 1.165) is 110 Å². The topological polar surface area (TPSA) is 75.4 Å². The summed E-state index contributed by atoms with van der Waals surface area (Å²) in [6.07, 6.45) is 0. The average molecular weight is 573 g/mol. The quantitative estimate of drug-likeness (QED) is 0.553. The smallest absolute Gasteiger partial charge is 0.201 e. The molecule has 0 unspecified atom stereocenters. The lowest BCUT2D eigenvalue weighted by Gasteiger charge is -2.21. The van der Waals surface area contributed by atoms with Crippen LogP contribution in [0.3, 0.4) is 0 Å². The summed E-state index contributed by atoms with van der Waals surface area (Å²) < 4.78 is 0. The van der Waals surface area contributed by atoms with Crippen molar-refractivity contribution in [3.63, 3.8) is 0 Å². The molecule has 12 nitrogen and oxygen atoms in total. The fourth-order valence-corrected chi connectivity index (χ4v) is 6.03. The Hall–Kier alpha value is -4.22. The second kappa shape index (κ2) is 10.9. The Kier molecular flexibility index (Phi) is 7.24. The summed E-state index contributed by atoms with van der Waals surface area (Å²) in [5.41, 5.74) is 3.41. The third-order valence-electron chi connectivity index (χ3n) is 8.78. The van der Waals surface area contributed by atoms with Crippen LogP contribution in [0.15, 0.2) is 44.2 Å². The number of benzene rings is 2. The molecule has 0 atom stereocenters. The van der Waals surface area contributed by atoms with Crippen LogP contribution in [-0.2, 0) is 0 Å². The standard InChI is InChI=1S/C30H44N12/c1-35-13-14-36(2)27(35)31-23-11-9-22-21(25(23)33-29-39(5)17-18-40(29)6)10-12-24(32-28-37(3)15-16-38(28)4)26(22)34-30-41(7)19-20-42(30)8/h9-12H,13-20H2,1-8H3. The summed E-state index contributed by atoms with van der Waals surface area (Å²) in [5.74, 6) is 3.79. The minimum atomic E-state index is 0.849. The van der Waals surface area contributed by atoms with Gasteiger partial charge in [0.1, 0.15) is 11.4 Å². The Morgan fingerprint density at radius 3 is 0.857 bits per heavy atom. The lowest BCUT2D eigenvalue weighted by Crippen LogP contribution is -2.28. The zero-order valence-electron chi connectivity index (χ0n) is 26.3. The summed E-state index contributed by atoms with van der Waals surface area (Å²) in [4.78, 5) is 38.6. The minimum Gasteiger partial charge on any atom is -0.344 e. The maximum absolute atomic E-state index is 5.30. The van der Waals surface area contributed by atoms with E-state index in [1.807, 2.05) is 0 Å². The van der Waals surface area contributed by atoms with Crippen LogP contribution in [0, 0.1) is 0 Å².